The molecular formula is C11H14ClNO5S. The van der Waals surface area contributed by atoms with Crippen molar-refractivity contribution in [1.29, 1.82) is 0 Å². The molecule has 0 bridgehead atoms. The van der Waals surface area contributed by atoms with Crippen LogP contribution in [0.4, 0.5) is 0 Å². The van der Waals surface area contributed by atoms with Gasteiger partial charge in [0.15, 0.2) is 6.23 Å². The summed E-state index contributed by atoms with van der Waals surface area (Å²) in [6, 6.07) is 6.53. The molecule has 0 aliphatic carbocycles. The molecule has 2 rings (SSSR count). The SMILES string of the molecule is CS(=O)(=O)NC1OC(c2ccc(Cl)cc2)C(O)C1O. The van der Waals surface area contributed by atoms with Gasteiger partial charge in [0.05, 0.1) is 6.26 Å². The molecule has 1 aliphatic rings. The van der Waals surface area contributed by atoms with Gasteiger partial charge in [-0.1, -0.05) is 23.7 Å². The fourth-order valence-electron chi connectivity index (χ4n) is 1.91. The van der Waals surface area contributed by atoms with Gasteiger partial charge in [0.1, 0.15) is 18.3 Å². The highest BCUT2D eigenvalue weighted by molar-refractivity contribution is 7.88. The Morgan fingerprint density at radius 1 is 1.21 bits per heavy atom. The largest absolute Gasteiger partial charge is 0.387 e. The highest BCUT2D eigenvalue weighted by atomic mass is 35.5. The first-order chi connectivity index (χ1) is 8.78. The maximum Gasteiger partial charge on any atom is 0.210 e. The minimum absolute atomic E-state index is 0.530. The fourth-order valence-corrected chi connectivity index (χ4v) is 2.66. The number of nitrogens with one attached hydrogen (secondary N) is 1. The van der Waals surface area contributed by atoms with Gasteiger partial charge < -0.3 is 14.9 Å². The number of ether oxygens (including phenoxy) is 1. The average molecular weight is 308 g/mol. The Balaban J connectivity index is 2.18. The number of hydrogen-bond donors (Lipinski definition) is 3. The van der Waals surface area contributed by atoms with Crippen molar-refractivity contribution in [2.24, 2.45) is 0 Å². The van der Waals surface area contributed by atoms with Gasteiger partial charge in [-0.25, -0.2) is 8.42 Å². The molecular weight excluding hydrogens is 294 g/mol. The minimum Gasteiger partial charge on any atom is -0.387 e. The van der Waals surface area contributed by atoms with Gasteiger partial charge in [0.25, 0.3) is 0 Å². The molecule has 6 nitrogen and oxygen atoms in total. The van der Waals surface area contributed by atoms with E-state index in [2.05, 4.69) is 4.72 Å². The molecule has 0 saturated carbocycles. The Morgan fingerprint density at radius 2 is 1.79 bits per heavy atom. The average Bonchev–Trinajstić information content (AvgIpc) is 2.57. The van der Waals surface area contributed by atoms with Crippen molar-refractivity contribution in [1.82, 2.24) is 4.72 Å². The molecule has 0 aromatic heterocycles. The van der Waals surface area contributed by atoms with Crippen molar-refractivity contribution in [3.8, 4) is 0 Å². The van der Waals surface area contributed by atoms with E-state index in [4.69, 9.17) is 16.3 Å². The zero-order valence-corrected chi connectivity index (χ0v) is 11.6. The summed E-state index contributed by atoms with van der Waals surface area (Å²) in [5.74, 6) is 0. The van der Waals surface area contributed by atoms with Crippen LogP contribution < -0.4 is 4.72 Å². The van der Waals surface area contributed by atoms with E-state index < -0.39 is 34.6 Å². The first kappa shape index (κ1) is 14.7. The van der Waals surface area contributed by atoms with Gasteiger partial charge in [-0.3, -0.25) is 0 Å². The molecule has 1 aromatic rings. The second-order valence-corrected chi connectivity index (χ2v) is 6.62. The highest BCUT2D eigenvalue weighted by Gasteiger charge is 2.44. The number of sulfonamides is 1. The van der Waals surface area contributed by atoms with Crippen LogP contribution in [0.15, 0.2) is 24.3 Å². The lowest BCUT2D eigenvalue weighted by atomic mass is 10.0. The second-order valence-electron chi connectivity index (χ2n) is 4.40. The summed E-state index contributed by atoms with van der Waals surface area (Å²) in [7, 11) is -3.54. The Hall–Kier alpha value is -0.700. The normalized spacial score (nSPS) is 31.6. The number of halogens is 1. The summed E-state index contributed by atoms with van der Waals surface area (Å²) in [6.07, 6.45) is -3.60. The Labute approximate surface area is 116 Å². The lowest BCUT2D eigenvalue weighted by molar-refractivity contribution is 0.00161. The molecule has 1 fully saturated rings. The molecule has 0 amide bonds. The smallest absolute Gasteiger partial charge is 0.210 e. The molecule has 4 atom stereocenters. The zero-order valence-electron chi connectivity index (χ0n) is 10.0. The first-order valence-corrected chi connectivity index (χ1v) is 7.79. The van der Waals surface area contributed by atoms with Crippen molar-refractivity contribution in [3.05, 3.63) is 34.9 Å². The molecule has 0 radical (unpaired) electrons. The predicted octanol–water partition coefficient (Wildman–Crippen LogP) is 0.00840. The van der Waals surface area contributed by atoms with Crippen LogP contribution in [0.3, 0.4) is 0 Å². The van der Waals surface area contributed by atoms with E-state index in [-0.39, 0.29) is 0 Å². The Morgan fingerprint density at radius 3 is 2.32 bits per heavy atom. The molecule has 3 N–H and O–H groups in total. The standard InChI is InChI=1S/C11H14ClNO5S/c1-19(16,17)13-11-9(15)8(14)10(18-11)6-2-4-7(12)5-3-6/h2-5,8-11,13-15H,1H3. The Kier molecular flexibility index (Phi) is 4.14. The molecule has 1 heterocycles. The molecule has 8 heteroatoms. The van der Waals surface area contributed by atoms with Crippen LogP contribution >= 0.6 is 11.6 Å². The van der Waals surface area contributed by atoms with Crippen LogP contribution in [-0.4, -0.2) is 43.3 Å². The first-order valence-electron chi connectivity index (χ1n) is 5.52. The molecule has 106 valence electrons. The van der Waals surface area contributed by atoms with Crippen LogP contribution in [0.2, 0.25) is 5.02 Å². The monoisotopic (exact) mass is 307 g/mol. The van der Waals surface area contributed by atoms with E-state index in [1.54, 1.807) is 24.3 Å². The van der Waals surface area contributed by atoms with Gasteiger partial charge in [-0.15, -0.1) is 0 Å². The van der Waals surface area contributed by atoms with Crippen molar-refractivity contribution in [2.75, 3.05) is 6.26 Å². The number of aliphatic hydroxyl groups is 2. The highest BCUT2D eigenvalue weighted by Crippen LogP contribution is 2.33. The van der Waals surface area contributed by atoms with E-state index in [9.17, 15) is 18.6 Å². The predicted molar refractivity (Wildman–Crippen MR) is 69.1 cm³/mol. The lowest BCUT2D eigenvalue weighted by Crippen LogP contribution is -2.43. The molecule has 4 unspecified atom stereocenters. The van der Waals surface area contributed by atoms with Gasteiger partial charge in [-0.2, -0.15) is 4.72 Å². The second kappa shape index (κ2) is 5.35. The van der Waals surface area contributed by atoms with Crippen molar-refractivity contribution >= 4 is 21.6 Å². The van der Waals surface area contributed by atoms with Crippen molar-refractivity contribution in [2.45, 2.75) is 24.5 Å². The summed E-state index contributed by atoms with van der Waals surface area (Å²) >= 11 is 5.75. The molecule has 1 saturated heterocycles. The number of hydrogen-bond acceptors (Lipinski definition) is 5. The van der Waals surface area contributed by atoms with Crippen LogP contribution in [0.5, 0.6) is 0 Å². The fraction of sp³-hybridized carbons (Fsp3) is 0.455. The Bertz CT molecular complexity index is 547. The van der Waals surface area contributed by atoms with Crippen LogP contribution in [-0.2, 0) is 14.8 Å². The summed E-state index contributed by atoms with van der Waals surface area (Å²) in [5.41, 5.74) is 0.605. The summed E-state index contributed by atoms with van der Waals surface area (Å²) in [5, 5.41) is 20.2. The summed E-state index contributed by atoms with van der Waals surface area (Å²) in [6.45, 7) is 0. The summed E-state index contributed by atoms with van der Waals surface area (Å²) < 4.78 is 29.7. The topological polar surface area (TPSA) is 95.9 Å². The number of aliphatic hydroxyl groups excluding tert-OH is 2. The maximum absolute atomic E-state index is 11.1. The van der Waals surface area contributed by atoms with Crippen molar-refractivity contribution < 1.29 is 23.4 Å². The third-order valence-corrected chi connectivity index (χ3v) is 3.70. The van der Waals surface area contributed by atoms with Crippen molar-refractivity contribution in [3.63, 3.8) is 0 Å². The lowest BCUT2D eigenvalue weighted by Gasteiger charge is -2.14. The van der Waals surface area contributed by atoms with Crippen LogP contribution in [0.25, 0.3) is 0 Å². The number of rotatable bonds is 3. The zero-order chi connectivity index (χ0) is 14.2. The van der Waals surface area contributed by atoms with E-state index in [0.29, 0.717) is 10.6 Å². The maximum atomic E-state index is 11.1. The quantitative estimate of drug-likeness (QED) is 0.731. The molecule has 1 aromatic carbocycles. The summed E-state index contributed by atoms with van der Waals surface area (Å²) in [4.78, 5) is 0. The third kappa shape index (κ3) is 3.44. The van der Waals surface area contributed by atoms with Crippen LogP contribution in [0.1, 0.15) is 11.7 Å². The molecule has 1 aliphatic heterocycles. The van der Waals surface area contributed by atoms with E-state index in [1.807, 2.05) is 0 Å². The van der Waals surface area contributed by atoms with E-state index in [0.717, 1.165) is 6.26 Å². The molecule has 19 heavy (non-hydrogen) atoms. The van der Waals surface area contributed by atoms with Gasteiger partial charge >= 0.3 is 0 Å². The van der Waals surface area contributed by atoms with Crippen LogP contribution in [0, 0.1) is 0 Å². The number of benzene rings is 1. The molecule has 0 spiro atoms. The van der Waals surface area contributed by atoms with E-state index >= 15 is 0 Å². The third-order valence-electron chi connectivity index (χ3n) is 2.79. The van der Waals surface area contributed by atoms with E-state index in [1.165, 1.54) is 0 Å². The van der Waals surface area contributed by atoms with Gasteiger partial charge in [-0.05, 0) is 17.7 Å². The van der Waals surface area contributed by atoms with Gasteiger partial charge in [0, 0.05) is 5.02 Å². The minimum atomic E-state index is -3.54. The van der Waals surface area contributed by atoms with Gasteiger partial charge in [0.2, 0.25) is 10.0 Å².